The van der Waals surface area contributed by atoms with Crippen molar-refractivity contribution in [2.45, 2.75) is 32.6 Å². The Balaban J connectivity index is 2.30. The number of anilines is 1. The number of Topliss-reactive ketones (excluding diaryl/α,β-unsaturated/α-hetero) is 1. The van der Waals surface area contributed by atoms with E-state index in [4.69, 9.17) is 5.73 Å². The molecular weight excluding hydrogens is 240 g/mol. The van der Waals surface area contributed by atoms with Gasteiger partial charge < -0.3 is 10.6 Å². The van der Waals surface area contributed by atoms with Gasteiger partial charge in [-0.15, -0.1) is 0 Å². The molecule has 1 aliphatic rings. The highest BCUT2D eigenvalue weighted by Gasteiger charge is 2.22. The number of fused-ring (bicyclic) bond motifs is 1. The van der Waals surface area contributed by atoms with Gasteiger partial charge in [0, 0.05) is 24.2 Å². The van der Waals surface area contributed by atoms with Crippen molar-refractivity contribution in [2.24, 2.45) is 5.73 Å². The van der Waals surface area contributed by atoms with E-state index in [-0.39, 0.29) is 18.2 Å². The van der Waals surface area contributed by atoms with E-state index in [1.807, 2.05) is 24.0 Å². The first-order chi connectivity index (χ1) is 9.17. The van der Waals surface area contributed by atoms with Crippen molar-refractivity contribution in [3.05, 3.63) is 29.3 Å². The van der Waals surface area contributed by atoms with E-state index in [9.17, 15) is 9.59 Å². The number of nitrogens with zero attached hydrogens (tertiary/aromatic N) is 1. The minimum absolute atomic E-state index is 0.0251. The zero-order valence-corrected chi connectivity index (χ0v) is 11.3. The number of ketones is 1. The fourth-order valence-electron chi connectivity index (χ4n) is 2.50. The maximum atomic E-state index is 12.1. The topological polar surface area (TPSA) is 63.4 Å². The minimum atomic E-state index is -0.0557. The number of amides is 1. The lowest BCUT2D eigenvalue weighted by atomic mass is 9.97. The van der Waals surface area contributed by atoms with Crippen LogP contribution in [-0.2, 0) is 11.2 Å². The molecule has 19 heavy (non-hydrogen) atoms. The molecule has 4 nitrogen and oxygen atoms in total. The standard InChI is InChI=1S/C15H20N2O2/c1-2-4-15(19)17-8-3-5-11-9-12(14(18)10-16)6-7-13(11)17/h6-7,9H,2-5,8,10,16H2,1H3. The van der Waals surface area contributed by atoms with Crippen LogP contribution in [0.3, 0.4) is 0 Å². The highest BCUT2D eigenvalue weighted by molar-refractivity contribution is 5.99. The quantitative estimate of drug-likeness (QED) is 0.841. The molecule has 1 heterocycles. The van der Waals surface area contributed by atoms with Gasteiger partial charge in [0.25, 0.3) is 0 Å². The number of aryl methyl sites for hydroxylation is 1. The molecule has 1 aromatic carbocycles. The van der Waals surface area contributed by atoms with Crippen molar-refractivity contribution >= 4 is 17.4 Å². The number of carbonyl (C=O) groups is 2. The highest BCUT2D eigenvalue weighted by atomic mass is 16.2. The normalized spacial score (nSPS) is 14.1. The predicted molar refractivity (Wildman–Crippen MR) is 75.4 cm³/mol. The number of benzene rings is 1. The first-order valence-corrected chi connectivity index (χ1v) is 6.84. The van der Waals surface area contributed by atoms with Crippen LogP contribution in [0, 0.1) is 0 Å². The molecule has 0 fully saturated rings. The number of hydrogen-bond donors (Lipinski definition) is 1. The number of hydrogen-bond acceptors (Lipinski definition) is 3. The summed E-state index contributed by atoms with van der Waals surface area (Å²) in [6.07, 6.45) is 3.29. The van der Waals surface area contributed by atoms with Crippen LogP contribution in [0.15, 0.2) is 18.2 Å². The average molecular weight is 260 g/mol. The van der Waals surface area contributed by atoms with Crippen molar-refractivity contribution in [1.82, 2.24) is 0 Å². The smallest absolute Gasteiger partial charge is 0.226 e. The van der Waals surface area contributed by atoms with Gasteiger partial charge in [-0.1, -0.05) is 6.92 Å². The molecule has 0 saturated carbocycles. The SMILES string of the molecule is CCCC(=O)N1CCCc2cc(C(=O)CN)ccc21. The van der Waals surface area contributed by atoms with Crippen LogP contribution in [0.5, 0.6) is 0 Å². The first kappa shape index (κ1) is 13.7. The molecule has 0 spiro atoms. The number of carbonyl (C=O) groups excluding carboxylic acids is 2. The average Bonchev–Trinajstić information content (AvgIpc) is 2.45. The van der Waals surface area contributed by atoms with Gasteiger partial charge in [-0.2, -0.15) is 0 Å². The molecule has 1 aromatic rings. The summed E-state index contributed by atoms with van der Waals surface area (Å²) < 4.78 is 0. The fraction of sp³-hybridized carbons (Fsp3) is 0.467. The molecule has 0 unspecified atom stereocenters. The summed E-state index contributed by atoms with van der Waals surface area (Å²) in [5.41, 5.74) is 8.06. The van der Waals surface area contributed by atoms with E-state index in [2.05, 4.69) is 0 Å². The van der Waals surface area contributed by atoms with E-state index in [1.54, 1.807) is 6.07 Å². The van der Waals surface area contributed by atoms with Crippen LogP contribution < -0.4 is 10.6 Å². The second-order valence-electron chi connectivity index (χ2n) is 4.87. The Hall–Kier alpha value is -1.68. The lowest BCUT2D eigenvalue weighted by Crippen LogP contribution is -2.35. The van der Waals surface area contributed by atoms with Gasteiger partial charge >= 0.3 is 0 Å². The number of nitrogens with two attached hydrogens (primary N) is 1. The molecule has 0 radical (unpaired) electrons. The summed E-state index contributed by atoms with van der Waals surface area (Å²) in [4.78, 5) is 25.5. The Labute approximate surface area is 113 Å². The Kier molecular flexibility index (Phi) is 4.32. The van der Waals surface area contributed by atoms with Gasteiger partial charge in [-0.3, -0.25) is 9.59 Å². The minimum Gasteiger partial charge on any atom is -0.324 e. The molecule has 1 aliphatic heterocycles. The van der Waals surface area contributed by atoms with E-state index < -0.39 is 0 Å². The summed E-state index contributed by atoms with van der Waals surface area (Å²) in [7, 11) is 0. The molecule has 0 aliphatic carbocycles. The van der Waals surface area contributed by atoms with Crippen LogP contribution in [-0.4, -0.2) is 24.8 Å². The monoisotopic (exact) mass is 260 g/mol. The van der Waals surface area contributed by atoms with Crippen LogP contribution in [0.25, 0.3) is 0 Å². The van der Waals surface area contributed by atoms with Gasteiger partial charge in [0.1, 0.15) is 0 Å². The Morgan fingerprint density at radius 2 is 2.16 bits per heavy atom. The van der Waals surface area contributed by atoms with Gasteiger partial charge in [-0.05, 0) is 43.0 Å². The van der Waals surface area contributed by atoms with E-state index in [1.165, 1.54) is 0 Å². The summed E-state index contributed by atoms with van der Waals surface area (Å²) in [5, 5.41) is 0. The second-order valence-corrected chi connectivity index (χ2v) is 4.87. The van der Waals surface area contributed by atoms with Crippen LogP contribution in [0.4, 0.5) is 5.69 Å². The van der Waals surface area contributed by atoms with Crippen LogP contribution in [0.2, 0.25) is 0 Å². The van der Waals surface area contributed by atoms with Gasteiger partial charge in [0.05, 0.1) is 6.54 Å². The summed E-state index contributed by atoms with van der Waals surface area (Å²) >= 11 is 0. The molecule has 2 N–H and O–H groups in total. The molecule has 102 valence electrons. The summed E-state index contributed by atoms with van der Waals surface area (Å²) in [5.74, 6) is 0.112. The maximum Gasteiger partial charge on any atom is 0.226 e. The zero-order chi connectivity index (χ0) is 13.8. The third-order valence-electron chi connectivity index (χ3n) is 3.47. The van der Waals surface area contributed by atoms with E-state index in [0.29, 0.717) is 12.0 Å². The third kappa shape index (κ3) is 2.84. The van der Waals surface area contributed by atoms with Crippen molar-refractivity contribution in [3.63, 3.8) is 0 Å². The maximum absolute atomic E-state index is 12.1. The zero-order valence-electron chi connectivity index (χ0n) is 11.3. The lowest BCUT2D eigenvalue weighted by molar-refractivity contribution is -0.118. The third-order valence-corrected chi connectivity index (χ3v) is 3.47. The van der Waals surface area contributed by atoms with Crippen molar-refractivity contribution < 1.29 is 9.59 Å². The molecule has 0 aromatic heterocycles. The molecular formula is C15H20N2O2. The van der Waals surface area contributed by atoms with Gasteiger partial charge in [0.15, 0.2) is 5.78 Å². The predicted octanol–water partition coefficient (Wildman–Crippen LogP) is 1.91. The van der Waals surface area contributed by atoms with Gasteiger partial charge in [0.2, 0.25) is 5.91 Å². The Morgan fingerprint density at radius 3 is 2.84 bits per heavy atom. The molecule has 0 bridgehead atoms. The number of rotatable bonds is 4. The summed E-state index contributed by atoms with van der Waals surface area (Å²) in [6.45, 7) is 2.80. The second kappa shape index (κ2) is 5.97. The van der Waals surface area contributed by atoms with E-state index >= 15 is 0 Å². The van der Waals surface area contributed by atoms with Crippen molar-refractivity contribution in [2.75, 3.05) is 18.0 Å². The Bertz CT molecular complexity index is 497. The highest BCUT2D eigenvalue weighted by Crippen LogP contribution is 2.28. The fourth-order valence-corrected chi connectivity index (χ4v) is 2.50. The van der Waals surface area contributed by atoms with Crippen molar-refractivity contribution in [3.8, 4) is 0 Å². The van der Waals surface area contributed by atoms with Crippen molar-refractivity contribution in [1.29, 1.82) is 0 Å². The van der Waals surface area contributed by atoms with Gasteiger partial charge in [-0.25, -0.2) is 0 Å². The molecule has 0 saturated heterocycles. The van der Waals surface area contributed by atoms with Crippen LogP contribution >= 0.6 is 0 Å². The lowest BCUT2D eigenvalue weighted by Gasteiger charge is -2.29. The first-order valence-electron chi connectivity index (χ1n) is 6.84. The van der Waals surface area contributed by atoms with E-state index in [0.717, 1.165) is 37.1 Å². The molecule has 0 atom stereocenters. The Morgan fingerprint density at radius 1 is 1.37 bits per heavy atom. The molecule has 4 heteroatoms. The summed E-state index contributed by atoms with van der Waals surface area (Å²) in [6, 6.07) is 5.53. The molecule has 2 rings (SSSR count). The largest absolute Gasteiger partial charge is 0.324 e. The van der Waals surface area contributed by atoms with Crippen LogP contribution in [0.1, 0.15) is 42.1 Å². The molecule has 1 amide bonds.